The highest BCUT2D eigenvalue weighted by Gasteiger charge is 2.21. The molecule has 0 unspecified atom stereocenters. The molecule has 2 heterocycles. The molecule has 2 aromatic carbocycles. The van der Waals surface area contributed by atoms with E-state index in [0.29, 0.717) is 12.1 Å². The van der Waals surface area contributed by atoms with E-state index in [1.165, 1.54) is 18.4 Å². The van der Waals surface area contributed by atoms with E-state index < -0.39 is 0 Å². The summed E-state index contributed by atoms with van der Waals surface area (Å²) in [6.07, 6.45) is 8.37. The minimum Gasteiger partial charge on any atom is -0.382 e. The first-order chi connectivity index (χ1) is 15.7. The van der Waals surface area contributed by atoms with E-state index in [9.17, 15) is 0 Å². The van der Waals surface area contributed by atoms with E-state index in [0.717, 1.165) is 52.3 Å². The second-order valence-electron chi connectivity index (χ2n) is 8.51. The highest BCUT2D eigenvalue weighted by Crippen LogP contribution is 2.28. The van der Waals surface area contributed by atoms with Gasteiger partial charge in [-0.2, -0.15) is 0 Å². The molecular weight excluding hydrogens is 416 g/mol. The van der Waals surface area contributed by atoms with Crippen LogP contribution in [0.1, 0.15) is 31.2 Å². The number of anilines is 1. The fourth-order valence-corrected chi connectivity index (χ4v) is 4.66. The Labute approximate surface area is 194 Å². The van der Waals surface area contributed by atoms with Crippen LogP contribution < -0.4 is 10.6 Å². The zero-order valence-corrected chi connectivity index (χ0v) is 18.7. The van der Waals surface area contributed by atoms with Gasteiger partial charge >= 0.3 is 0 Å². The van der Waals surface area contributed by atoms with Crippen LogP contribution in [0.5, 0.6) is 0 Å². The third-order valence-electron chi connectivity index (χ3n) is 6.30. The van der Waals surface area contributed by atoms with Crippen molar-refractivity contribution in [1.29, 1.82) is 0 Å². The molecule has 4 aromatic rings. The first-order valence-corrected chi connectivity index (χ1v) is 11.7. The molecule has 1 saturated carbocycles. The van der Waals surface area contributed by atoms with Crippen LogP contribution in [0, 0.1) is 0 Å². The van der Waals surface area contributed by atoms with E-state index in [-0.39, 0.29) is 0 Å². The Morgan fingerprint density at radius 3 is 2.41 bits per heavy atom. The predicted octanol–water partition coefficient (Wildman–Crippen LogP) is 6.46. The average Bonchev–Trinajstić information content (AvgIpc) is 2.84. The van der Waals surface area contributed by atoms with Gasteiger partial charge in [0, 0.05) is 52.7 Å². The fraction of sp³-hybridized carbons (Fsp3) is 0.259. The van der Waals surface area contributed by atoms with Gasteiger partial charge in [0.1, 0.15) is 0 Å². The van der Waals surface area contributed by atoms with Crippen molar-refractivity contribution in [2.24, 2.45) is 0 Å². The highest BCUT2D eigenvalue weighted by molar-refractivity contribution is 6.31. The number of nitrogens with zero attached hydrogens (tertiary/aromatic N) is 2. The molecule has 2 aromatic heterocycles. The van der Waals surface area contributed by atoms with Crippen LogP contribution in [0.15, 0.2) is 79.1 Å². The number of nitrogens with one attached hydrogen (secondary N) is 2. The molecule has 0 bridgehead atoms. The summed E-state index contributed by atoms with van der Waals surface area (Å²) >= 11 is 6.12. The van der Waals surface area contributed by atoms with Gasteiger partial charge in [-0.25, -0.2) is 0 Å². The van der Waals surface area contributed by atoms with Gasteiger partial charge in [-0.15, -0.1) is 0 Å². The van der Waals surface area contributed by atoms with Crippen LogP contribution >= 0.6 is 11.6 Å². The Morgan fingerprint density at radius 2 is 1.62 bits per heavy atom. The molecule has 0 spiro atoms. The Hall–Kier alpha value is -2.95. The zero-order chi connectivity index (χ0) is 21.8. The van der Waals surface area contributed by atoms with Gasteiger partial charge in [0.2, 0.25) is 0 Å². The Morgan fingerprint density at radius 1 is 0.812 bits per heavy atom. The molecular formula is C27H27ClN4. The van der Waals surface area contributed by atoms with Crippen molar-refractivity contribution in [3.8, 4) is 11.3 Å². The molecule has 1 aliphatic rings. The molecule has 0 radical (unpaired) electrons. The molecule has 4 nitrogen and oxygen atoms in total. The number of benzene rings is 2. The average molecular weight is 443 g/mol. The lowest BCUT2D eigenvalue weighted by Gasteiger charge is -2.30. The number of fused-ring (bicyclic) bond motifs is 1. The maximum absolute atomic E-state index is 6.12. The lowest BCUT2D eigenvalue weighted by atomic mass is 9.90. The van der Waals surface area contributed by atoms with Crippen LogP contribution in [0.4, 0.5) is 5.69 Å². The molecule has 0 saturated heterocycles. The summed E-state index contributed by atoms with van der Waals surface area (Å²) in [5.74, 6) is 0. The van der Waals surface area contributed by atoms with Gasteiger partial charge in [-0.05, 0) is 67.6 Å². The smallest absolute Gasteiger partial charge is 0.0737 e. The van der Waals surface area contributed by atoms with Crippen molar-refractivity contribution in [3.63, 3.8) is 0 Å². The summed E-state index contributed by atoms with van der Waals surface area (Å²) in [4.78, 5) is 8.87. The molecule has 2 N–H and O–H groups in total. The van der Waals surface area contributed by atoms with Crippen LogP contribution in [0.3, 0.4) is 0 Å². The molecule has 5 heteroatoms. The Kier molecular flexibility index (Phi) is 6.33. The molecule has 0 amide bonds. The minimum atomic E-state index is 0.493. The van der Waals surface area contributed by atoms with Gasteiger partial charge in [-0.1, -0.05) is 41.9 Å². The lowest BCUT2D eigenvalue weighted by Crippen LogP contribution is -2.36. The minimum absolute atomic E-state index is 0.493. The van der Waals surface area contributed by atoms with E-state index in [2.05, 4.69) is 57.0 Å². The monoisotopic (exact) mass is 442 g/mol. The third kappa shape index (κ3) is 4.93. The highest BCUT2D eigenvalue weighted by atomic mass is 35.5. The normalized spacial score (nSPS) is 18.5. The summed E-state index contributed by atoms with van der Waals surface area (Å²) in [5.41, 5.74) is 5.57. The Balaban J connectivity index is 1.12. The predicted molar refractivity (Wildman–Crippen MR) is 133 cm³/mol. The van der Waals surface area contributed by atoms with Gasteiger partial charge in [0.05, 0.1) is 11.2 Å². The third-order valence-corrected chi connectivity index (χ3v) is 6.54. The zero-order valence-electron chi connectivity index (χ0n) is 18.0. The summed E-state index contributed by atoms with van der Waals surface area (Å²) in [5, 5.41) is 9.35. The van der Waals surface area contributed by atoms with Crippen LogP contribution in [0.25, 0.3) is 22.2 Å². The van der Waals surface area contributed by atoms with Crippen molar-refractivity contribution in [1.82, 2.24) is 15.3 Å². The Bertz CT molecular complexity index is 1170. The number of rotatable bonds is 6. The first-order valence-electron chi connectivity index (χ1n) is 11.3. The van der Waals surface area contributed by atoms with Crippen LogP contribution in [0.2, 0.25) is 5.02 Å². The van der Waals surface area contributed by atoms with E-state index in [1.807, 2.05) is 42.7 Å². The van der Waals surface area contributed by atoms with E-state index >= 15 is 0 Å². The largest absolute Gasteiger partial charge is 0.382 e. The maximum atomic E-state index is 6.12. The van der Waals surface area contributed by atoms with E-state index in [4.69, 9.17) is 11.6 Å². The van der Waals surface area contributed by atoms with E-state index in [1.54, 1.807) is 0 Å². The lowest BCUT2D eigenvalue weighted by molar-refractivity contribution is 0.353. The fourth-order valence-electron chi connectivity index (χ4n) is 4.50. The molecule has 32 heavy (non-hydrogen) atoms. The number of aromatic nitrogens is 2. The quantitative estimate of drug-likeness (QED) is 0.359. The second-order valence-corrected chi connectivity index (χ2v) is 8.94. The standard InChI is InChI=1S/C27H27ClN4/c28-21-8-13-24-26(14-16-30-27(24)17-21)32-23-11-9-22(10-12-23)31-18-19-4-6-20(7-5-19)25-3-1-2-15-29-25/h1-8,13-17,22-23,31H,9-12,18H2,(H,30,32). The molecule has 0 aliphatic heterocycles. The summed E-state index contributed by atoms with van der Waals surface area (Å²) in [6.45, 7) is 0.904. The summed E-state index contributed by atoms with van der Waals surface area (Å²) in [6, 6.07) is 23.8. The van der Waals surface area contributed by atoms with Crippen LogP contribution in [-0.4, -0.2) is 22.1 Å². The molecule has 1 fully saturated rings. The summed E-state index contributed by atoms with van der Waals surface area (Å²) < 4.78 is 0. The first kappa shape index (κ1) is 20.9. The van der Waals surface area contributed by atoms with Crippen molar-refractivity contribution in [2.45, 2.75) is 44.3 Å². The van der Waals surface area contributed by atoms with Crippen molar-refractivity contribution in [3.05, 3.63) is 89.7 Å². The van der Waals surface area contributed by atoms with Gasteiger partial charge in [0.15, 0.2) is 0 Å². The maximum Gasteiger partial charge on any atom is 0.0737 e. The molecule has 1 aliphatic carbocycles. The van der Waals surface area contributed by atoms with Gasteiger partial charge < -0.3 is 10.6 Å². The topological polar surface area (TPSA) is 49.8 Å². The molecule has 162 valence electrons. The summed E-state index contributed by atoms with van der Waals surface area (Å²) in [7, 11) is 0. The van der Waals surface area contributed by atoms with Crippen LogP contribution in [-0.2, 0) is 6.54 Å². The number of halogens is 1. The van der Waals surface area contributed by atoms with Crippen molar-refractivity contribution < 1.29 is 0 Å². The molecule has 0 atom stereocenters. The number of hydrogen-bond donors (Lipinski definition) is 2. The van der Waals surface area contributed by atoms with Crippen molar-refractivity contribution >= 4 is 28.2 Å². The van der Waals surface area contributed by atoms with Gasteiger partial charge in [0.25, 0.3) is 0 Å². The SMILES string of the molecule is Clc1ccc2c(NC3CCC(NCc4ccc(-c5ccccn5)cc4)CC3)ccnc2c1. The second kappa shape index (κ2) is 9.68. The van der Waals surface area contributed by atoms with Crippen molar-refractivity contribution in [2.75, 3.05) is 5.32 Å². The van der Waals surface area contributed by atoms with Gasteiger partial charge in [-0.3, -0.25) is 9.97 Å². The number of pyridine rings is 2. The number of hydrogen-bond acceptors (Lipinski definition) is 4. The molecule has 5 rings (SSSR count).